The van der Waals surface area contributed by atoms with Crippen LogP contribution in [0.1, 0.15) is 29.6 Å². The topological polar surface area (TPSA) is 46.6 Å². The third-order valence-corrected chi connectivity index (χ3v) is 3.16. The molecule has 1 aliphatic rings. The molecule has 0 radical (unpaired) electrons. The molecule has 0 saturated heterocycles. The van der Waals surface area contributed by atoms with E-state index in [4.69, 9.17) is 4.74 Å². The van der Waals surface area contributed by atoms with Crippen LogP contribution >= 0.6 is 0 Å². The van der Waals surface area contributed by atoms with Crippen LogP contribution in [0, 0.1) is 5.92 Å². The average molecular weight is 247 g/mol. The minimum atomic E-state index is -0.159. The number of rotatable bonds is 3. The van der Waals surface area contributed by atoms with E-state index < -0.39 is 0 Å². The van der Waals surface area contributed by atoms with E-state index in [-0.39, 0.29) is 17.8 Å². The minimum Gasteiger partial charge on any atom is -0.426 e. The van der Waals surface area contributed by atoms with Gasteiger partial charge in [-0.1, -0.05) is 6.42 Å². The van der Waals surface area contributed by atoms with Crippen molar-refractivity contribution in [2.75, 3.05) is 14.1 Å². The summed E-state index contributed by atoms with van der Waals surface area (Å²) >= 11 is 0. The fourth-order valence-electron chi connectivity index (χ4n) is 1.77. The molecule has 1 amide bonds. The number of nitrogens with zero attached hydrogens (tertiary/aromatic N) is 1. The number of ether oxygens (including phenoxy) is 1. The number of carbonyl (C=O) groups excluding carboxylic acids is 2. The zero-order valence-corrected chi connectivity index (χ0v) is 10.7. The molecule has 0 atom stereocenters. The van der Waals surface area contributed by atoms with Crippen molar-refractivity contribution in [2.24, 2.45) is 5.92 Å². The Morgan fingerprint density at radius 1 is 1.17 bits per heavy atom. The summed E-state index contributed by atoms with van der Waals surface area (Å²) in [5.41, 5.74) is 0.587. The second kappa shape index (κ2) is 5.21. The van der Waals surface area contributed by atoms with Crippen LogP contribution in [0.5, 0.6) is 5.75 Å². The van der Waals surface area contributed by atoms with Crippen LogP contribution in [0.4, 0.5) is 0 Å². The largest absolute Gasteiger partial charge is 0.426 e. The van der Waals surface area contributed by atoms with Gasteiger partial charge in [0, 0.05) is 19.7 Å². The van der Waals surface area contributed by atoms with Gasteiger partial charge in [0.2, 0.25) is 0 Å². The van der Waals surface area contributed by atoms with E-state index in [1.165, 1.54) is 4.90 Å². The van der Waals surface area contributed by atoms with Gasteiger partial charge in [-0.05, 0) is 37.1 Å². The molecule has 0 bridgehead atoms. The first-order valence-corrected chi connectivity index (χ1v) is 6.11. The van der Waals surface area contributed by atoms with Gasteiger partial charge in [-0.25, -0.2) is 0 Å². The first-order valence-electron chi connectivity index (χ1n) is 6.11. The standard InChI is InChI=1S/C14H17NO3/c1-15(2)13(16)10-6-8-12(9-7-10)18-14(17)11-4-3-5-11/h6-9,11H,3-5H2,1-2H3. The summed E-state index contributed by atoms with van der Waals surface area (Å²) in [5.74, 6) is 0.343. The van der Waals surface area contributed by atoms with Crippen molar-refractivity contribution in [1.29, 1.82) is 0 Å². The molecule has 1 aromatic carbocycles. The van der Waals surface area contributed by atoms with Crippen molar-refractivity contribution in [2.45, 2.75) is 19.3 Å². The lowest BCUT2D eigenvalue weighted by molar-refractivity contribution is -0.141. The van der Waals surface area contributed by atoms with E-state index in [0.29, 0.717) is 11.3 Å². The SMILES string of the molecule is CN(C)C(=O)c1ccc(OC(=O)C2CCC2)cc1. The van der Waals surface area contributed by atoms with Crippen LogP contribution < -0.4 is 4.74 Å². The smallest absolute Gasteiger partial charge is 0.314 e. The van der Waals surface area contributed by atoms with E-state index in [2.05, 4.69) is 0 Å². The molecule has 1 fully saturated rings. The molecule has 0 aliphatic heterocycles. The summed E-state index contributed by atoms with van der Waals surface area (Å²) in [7, 11) is 3.40. The van der Waals surface area contributed by atoms with Crippen LogP contribution in [-0.2, 0) is 4.79 Å². The fraction of sp³-hybridized carbons (Fsp3) is 0.429. The lowest BCUT2D eigenvalue weighted by atomic mass is 9.86. The molecule has 1 aromatic rings. The second-order valence-electron chi connectivity index (χ2n) is 4.77. The molecule has 4 nitrogen and oxygen atoms in total. The average Bonchev–Trinajstić information content (AvgIpc) is 2.26. The van der Waals surface area contributed by atoms with E-state index in [9.17, 15) is 9.59 Å². The van der Waals surface area contributed by atoms with Crippen molar-refractivity contribution in [3.8, 4) is 5.75 Å². The third-order valence-electron chi connectivity index (χ3n) is 3.16. The maximum atomic E-state index is 11.7. The van der Waals surface area contributed by atoms with Crippen LogP contribution in [0.25, 0.3) is 0 Å². The number of benzene rings is 1. The van der Waals surface area contributed by atoms with Gasteiger partial charge in [-0.2, -0.15) is 0 Å². The van der Waals surface area contributed by atoms with Crippen molar-refractivity contribution >= 4 is 11.9 Å². The van der Waals surface area contributed by atoms with Crippen molar-refractivity contribution in [3.05, 3.63) is 29.8 Å². The highest BCUT2D eigenvalue weighted by Crippen LogP contribution is 2.28. The summed E-state index contributed by atoms with van der Waals surface area (Å²) in [6.07, 6.45) is 2.96. The number of amides is 1. The van der Waals surface area contributed by atoms with Crippen molar-refractivity contribution in [1.82, 2.24) is 4.90 Å². The number of esters is 1. The Morgan fingerprint density at radius 2 is 1.78 bits per heavy atom. The molecule has 0 spiro atoms. The Morgan fingerprint density at radius 3 is 2.22 bits per heavy atom. The molecule has 0 unspecified atom stereocenters. The van der Waals surface area contributed by atoms with Crippen LogP contribution in [-0.4, -0.2) is 30.9 Å². The Bertz CT molecular complexity index is 447. The van der Waals surface area contributed by atoms with E-state index in [1.807, 2.05) is 0 Å². The molecule has 0 N–H and O–H groups in total. The molecule has 0 aromatic heterocycles. The Labute approximate surface area is 107 Å². The zero-order valence-electron chi connectivity index (χ0n) is 10.7. The Balaban J connectivity index is 1.99. The van der Waals surface area contributed by atoms with E-state index in [0.717, 1.165) is 19.3 Å². The van der Waals surface area contributed by atoms with Crippen LogP contribution in [0.15, 0.2) is 24.3 Å². The van der Waals surface area contributed by atoms with E-state index >= 15 is 0 Å². The molecular weight excluding hydrogens is 230 g/mol. The van der Waals surface area contributed by atoms with Crippen molar-refractivity contribution < 1.29 is 14.3 Å². The predicted octanol–water partition coefficient (Wildman–Crippen LogP) is 2.09. The highest BCUT2D eigenvalue weighted by atomic mass is 16.5. The lowest BCUT2D eigenvalue weighted by Crippen LogP contribution is -2.26. The molecule has 4 heteroatoms. The predicted molar refractivity (Wildman–Crippen MR) is 67.4 cm³/mol. The zero-order chi connectivity index (χ0) is 13.1. The molecular formula is C14H17NO3. The summed E-state index contributed by atoms with van der Waals surface area (Å²) in [5, 5.41) is 0. The fourth-order valence-corrected chi connectivity index (χ4v) is 1.77. The summed E-state index contributed by atoms with van der Waals surface area (Å²) < 4.78 is 5.25. The summed E-state index contributed by atoms with van der Waals surface area (Å²) in [6.45, 7) is 0. The quantitative estimate of drug-likeness (QED) is 0.607. The molecule has 96 valence electrons. The third kappa shape index (κ3) is 2.70. The molecule has 1 saturated carbocycles. The van der Waals surface area contributed by atoms with E-state index in [1.54, 1.807) is 38.4 Å². The second-order valence-corrected chi connectivity index (χ2v) is 4.77. The number of carbonyl (C=O) groups is 2. The Kier molecular flexibility index (Phi) is 3.65. The van der Waals surface area contributed by atoms with Crippen LogP contribution in [0.3, 0.4) is 0 Å². The molecule has 1 aliphatic carbocycles. The first kappa shape index (κ1) is 12.6. The molecule has 2 rings (SSSR count). The monoisotopic (exact) mass is 247 g/mol. The minimum absolute atomic E-state index is 0.0630. The van der Waals surface area contributed by atoms with Gasteiger partial charge in [0.15, 0.2) is 0 Å². The summed E-state index contributed by atoms with van der Waals surface area (Å²) in [4.78, 5) is 24.8. The van der Waals surface area contributed by atoms with Gasteiger partial charge in [0.1, 0.15) is 5.75 Å². The van der Waals surface area contributed by atoms with Gasteiger partial charge in [0.25, 0.3) is 5.91 Å². The Hall–Kier alpha value is -1.84. The lowest BCUT2D eigenvalue weighted by Gasteiger charge is -2.22. The first-order chi connectivity index (χ1) is 8.58. The van der Waals surface area contributed by atoms with Crippen molar-refractivity contribution in [3.63, 3.8) is 0 Å². The van der Waals surface area contributed by atoms with Gasteiger partial charge in [0.05, 0.1) is 5.92 Å². The van der Waals surface area contributed by atoms with Gasteiger partial charge in [-0.15, -0.1) is 0 Å². The molecule has 0 heterocycles. The maximum Gasteiger partial charge on any atom is 0.314 e. The molecule has 18 heavy (non-hydrogen) atoms. The number of hydrogen-bond acceptors (Lipinski definition) is 3. The maximum absolute atomic E-state index is 11.7. The number of hydrogen-bond donors (Lipinski definition) is 0. The van der Waals surface area contributed by atoms with Gasteiger partial charge in [-0.3, -0.25) is 9.59 Å². The van der Waals surface area contributed by atoms with Gasteiger partial charge >= 0.3 is 5.97 Å². The highest BCUT2D eigenvalue weighted by molar-refractivity contribution is 5.94. The van der Waals surface area contributed by atoms with Gasteiger partial charge < -0.3 is 9.64 Å². The van der Waals surface area contributed by atoms with Crippen LogP contribution in [0.2, 0.25) is 0 Å². The normalized spacial score (nSPS) is 14.8. The summed E-state index contributed by atoms with van der Waals surface area (Å²) in [6, 6.07) is 6.66. The highest BCUT2D eigenvalue weighted by Gasteiger charge is 2.27.